The summed E-state index contributed by atoms with van der Waals surface area (Å²) in [5, 5.41) is 5.31. The molecule has 4 atom stereocenters. The lowest BCUT2D eigenvalue weighted by molar-refractivity contribution is -0.147. The monoisotopic (exact) mass is 465 g/mol. The molecule has 1 fully saturated rings. The predicted molar refractivity (Wildman–Crippen MR) is 127 cm³/mol. The average molecular weight is 466 g/mol. The molecule has 0 saturated carbocycles. The Morgan fingerprint density at radius 1 is 0.939 bits per heavy atom. The number of esters is 2. The van der Waals surface area contributed by atoms with Crippen LogP contribution in [-0.2, 0) is 29.9 Å². The van der Waals surface area contributed by atoms with E-state index in [1.54, 1.807) is 19.1 Å². The number of ether oxygens (including phenoxy) is 2. The number of carbonyl (C=O) groups excluding carboxylic acids is 2. The average Bonchev–Trinajstić information content (AvgIpc) is 3.18. The van der Waals surface area contributed by atoms with E-state index >= 15 is 0 Å². The van der Waals surface area contributed by atoms with E-state index in [1.165, 1.54) is 14.2 Å². The molecule has 1 saturated heterocycles. The maximum Gasteiger partial charge on any atom is 0.327 e. The first-order valence-electron chi connectivity index (χ1n) is 10.7. The van der Waals surface area contributed by atoms with Crippen LogP contribution in [0.4, 0.5) is 0 Å². The summed E-state index contributed by atoms with van der Waals surface area (Å²) in [5.74, 6) is -1.17. The maximum absolute atomic E-state index is 14.1. The normalized spacial score (nSPS) is 25.5. The van der Waals surface area contributed by atoms with Crippen molar-refractivity contribution in [3.8, 4) is 0 Å². The van der Waals surface area contributed by atoms with Gasteiger partial charge in [0.25, 0.3) is 0 Å². The molecule has 1 unspecified atom stereocenters. The van der Waals surface area contributed by atoms with Crippen LogP contribution in [0.15, 0.2) is 71.6 Å². The van der Waals surface area contributed by atoms with Gasteiger partial charge in [0.05, 0.1) is 31.1 Å². The maximum atomic E-state index is 14.1. The highest BCUT2D eigenvalue weighted by Crippen LogP contribution is 2.48. The largest absolute Gasteiger partial charge is 0.468 e. The van der Waals surface area contributed by atoms with E-state index in [4.69, 9.17) is 9.47 Å². The Labute approximate surface area is 195 Å². The van der Waals surface area contributed by atoms with E-state index in [0.29, 0.717) is 4.90 Å². The summed E-state index contributed by atoms with van der Waals surface area (Å²) in [7, 11) is 0.751. The fraction of sp³-hybridized carbons (Fsp3) is 0.308. The number of hydrogen-bond acceptors (Lipinski definition) is 6. The van der Waals surface area contributed by atoms with E-state index in [1.807, 2.05) is 61.5 Å². The van der Waals surface area contributed by atoms with Gasteiger partial charge in [-0.1, -0.05) is 54.1 Å². The van der Waals surface area contributed by atoms with Crippen LogP contribution in [0.2, 0.25) is 0 Å². The van der Waals surface area contributed by atoms with Crippen LogP contribution in [0.5, 0.6) is 0 Å². The van der Waals surface area contributed by atoms with Gasteiger partial charge in [-0.15, -0.1) is 0 Å². The molecule has 1 heterocycles. The van der Waals surface area contributed by atoms with E-state index < -0.39 is 39.1 Å². The smallest absolute Gasteiger partial charge is 0.327 e. The Bertz CT molecular complexity index is 1240. The minimum atomic E-state index is -1.83. The molecule has 1 aliphatic rings. The van der Waals surface area contributed by atoms with Crippen molar-refractivity contribution in [2.45, 2.75) is 41.5 Å². The number of fused-ring (bicyclic) bond motifs is 1. The van der Waals surface area contributed by atoms with Crippen molar-refractivity contribution in [1.82, 2.24) is 5.32 Å². The summed E-state index contributed by atoms with van der Waals surface area (Å²) in [4.78, 5) is 26.7. The van der Waals surface area contributed by atoms with Gasteiger partial charge < -0.3 is 9.47 Å². The highest BCUT2D eigenvalue weighted by atomic mass is 32.2. The van der Waals surface area contributed by atoms with E-state index in [-0.39, 0.29) is 6.42 Å². The lowest BCUT2D eigenvalue weighted by Crippen LogP contribution is -2.48. The molecule has 1 N–H and O–H groups in total. The molecule has 0 radical (unpaired) electrons. The molecule has 1 aliphatic heterocycles. The van der Waals surface area contributed by atoms with Gasteiger partial charge in [0.1, 0.15) is 5.54 Å². The van der Waals surface area contributed by atoms with Crippen LogP contribution in [-0.4, -0.2) is 40.7 Å². The second-order valence-electron chi connectivity index (χ2n) is 8.65. The summed E-state index contributed by atoms with van der Waals surface area (Å²) < 4.78 is 22.9. The van der Waals surface area contributed by atoms with Gasteiger partial charge in [-0.3, -0.25) is 19.1 Å². The number of rotatable bonds is 5. The SMILES string of the molecule is COC(=O)[C@@]1(S(=O)c2ccc(C)cc2)C[C@@](C)(C(=O)OC)N[C@H]1c1ccc2ccccc2c1. The zero-order valence-electron chi connectivity index (χ0n) is 19.1. The quantitative estimate of drug-likeness (QED) is 0.577. The minimum Gasteiger partial charge on any atom is -0.468 e. The number of aryl methyl sites for hydroxylation is 1. The zero-order chi connectivity index (χ0) is 23.8. The van der Waals surface area contributed by atoms with Crippen molar-refractivity contribution in [2.24, 2.45) is 0 Å². The van der Waals surface area contributed by atoms with Crippen molar-refractivity contribution in [3.63, 3.8) is 0 Å². The number of methoxy groups -OCH3 is 2. The van der Waals surface area contributed by atoms with Crippen molar-refractivity contribution >= 4 is 33.5 Å². The van der Waals surface area contributed by atoms with Crippen LogP contribution in [0.25, 0.3) is 10.8 Å². The summed E-state index contributed by atoms with van der Waals surface area (Å²) >= 11 is 0. The molecule has 0 bridgehead atoms. The van der Waals surface area contributed by atoms with Gasteiger partial charge in [0.2, 0.25) is 0 Å². The predicted octanol–water partition coefficient (Wildman–Crippen LogP) is 3.83. The van der Waals surface area contributed by atoms with E-state index in [2.05, 4.69) is 5.32 Å². The van der Waals surface area contributed by atoms with Crippen LogP contribution in [0.1, 0.15) is 30.5 Å². The second-order valence-corrected chi connectivity index (χ2v) is 10.4. The van der Waals surface area contributed by atoms with Crippen molar-refractivity contribution < 1.29 is 23.3 Å². The summed E-state index contributed by atoms with van der Waals surface area (Å²) in [6.07, 6.45) is -0.0443. The van der Waals surface area contributed by atoms with E-state index in [0.717, 1.165) is 21.9 Å². The van der Waals surface area contributed by atoms with Crippen molar-refractivity contribution in [3.05, 3.63) is 77.9 Å². The topological polar surface area (TPSA) is 81.7 Å². The van der Waals surface area contributed by atoms with E-state index in [9.17, 15) is 13.8 Å². The highest BCUT2D eigenvalue weighted by Gasteiger charge is 2.65. The molecular weight excluding hydrogens is 438 g/mol. The zero-order valence-corrected chi connectivity index (χ0v) is 19.9. The second kappa shape index (κ2) is 8.72. The van der Waals surface area contributed by atoms with Gasteiger partial charge in [0, 0.05) is 11.3 Å². The molecule has 0 aliphatic carbocycles. The molecule has 4 rings (SSSR count). The fourth-order valence-electron chi connectivity index (χ4n) is 4.69. The summed E-state index contributed by atoms with van der Waals surface area (Å²) in [6.45, 7) is 3.61. The third kappa shape index (κ3) is 3.85. The molecule has 33 heavy (non-hydrogen) atoms. The van der Waals surface area contributed by atoms with Crippen molar-refractivity contribution in [1.29, 1.82) is 0 Å². The third-order valence-corrected chi connectivity index (χ3v) is 8.29. The number of nitrogens with one attached hydrogen (secondary N) is 1. The molecule has 7 heteroatoms. The first-order chi connectivity index (χ1) is 15.7. The van der Waals surface area contributed by atoms with Crippen molar-refractivity contribution in [2.75, 3.05) is 14.2 Å². The number of benzene rings is 3. The Kier molecular flexibility index (Phi) is 6.12. The summed E-state index contributed by atoms with van der Waals surface area (Å²) in [5.41, 5.74) is 0.518. The van der Waals surface area contributed by atoms with Crippen LogP contribution in [0.3, 0.4) is 0 Å². The Hall–Kier alpha value is -3.03. The molecule has 172 valence electrons. The lowest BCUT2D eigenvalue weighted by atomic mass is 9.88. The molecule has 3 aromatic rings. The Balaban J connectivity index is 1.94. The van der Waals surface area contributed by atoms with Crippen LogP contribution >= 0.6 is 0 Å². The standard InChI is InChI=1S/C26H27NO5S/c1-17-9-13-21(14-10-17)33(30)26(24(29)32-4)16-25(2,23(28)31-3)27-22(26)20-12-11-18-7-5-6-8-19(18)15-20/h5-15,22,27H,16H2,1-4H3/t22-,25-,26+,33?/m0/s1. The van der Waals surface area contributed by atoms with Crippen LogP contribution < -0.4 is 5.32 Å². The third-order valence-electron chi connectivity index (χ3n) is 6.38. The number of hydrogen-bond donors (Lipinski definition) is 1. The van der Waals surface area contributed by atoms with Gasteiger partial charge in [0.15, 0.2) is 4.75 Å². The molecule has 3 aromatic carbocycles. The summed E-state index contributed by atoms with van der Waals surface area (Å²) in [6, 6.07) is 20.1. The Morgan fingerprint density at radius 2 is 1.58 bits per heavy atom. The first kappa shape index (κ1) is 23.1. The van der Waals surface area contributed by atoms with Gasteiger partial charge in [-0.05, 0) is 48.4 Å². The fourth-order valence-corrected chi connectivity index (χ4v) is 6.56. The molecule has 6 nitrogen and oxygen atoms in total. The first-order valence-corrected chi connectivity index (χ1v) is 11.8. The number of carbonyl (C=O) groups is 2. The Morgan fingerprint density at radius 3 is 2.21 bits per heavy atom. The van der Waals surface area contributed by atoms with Crippen LogP contribution in [0, 0.1) is 6.92 Å². The highest BCUT2D eigenvalue weighted by molar-refractivity contribution is 7.87. The molecule has 0 spiro atoms. The van der Waals surface area contributed by atoms with Gasteiger partial charge >= 0.3 is 11.9 Å². The molecule has 0 amide bonds. The molecule has 0 aromatic heterocycles. The molecular formula is C26H27NO5S. The lowest BCUT2D eigenvalue weighted by Gasteiger charge is -2.31. The van der Waals surface area contributed by atoms with Gasteiger partial charge in [-0.2, -0.15) is 0 Å². The van der Waals surface area contributed by atoms with Gasteiger partial charge in [-0.25, -0.2) is 0 Å². The minimum absolute atomic E-state index is 0.0443.